The van der Waals surface area contributed by atoms with Crippen LogP contribution >= 0.6 is 11.8 Å². The molecule has 0 saturated carbocycles. The Bertz CT molecular complexity index is 355. The Hall–Kier alpha value is -0.870. The molecule has 1 aromatic rings. The summed E-state index contributed by atoms with van der Waals surface area (Å²) in [6.07, 6.45) is 0.941. The lowest BCUT2D eigenvalue weighted by atomic mass is 10.3. The molecule has 2 N–H and O–H groups in total. The minimum Gasteiger partial charge on any atom is -0.490 e. The smallest absolute Gasteiger partial charge is 0.162 e. The molecule has 1 heterocycles. The van der Waals surface area contributed by atoms with Gasteiger partial charge in [0.25, 0.3) is 0 Å². The third-order valence-corrected chi connectivity index (χ3v) is 3.51. The molecule has 0 saturated heterocycles. The summed E-state index contributed by atoms with van der Waals surface area (Å²) >= 11 is 1.75. The molecular formula is C12H17NO2S. The van der Waals surface area contributed by atoms with Gasteiger partial charge >= 0.3 is 0 Å². The Morgan fingerprint density at radius 2 is 2.06 bits per heavy atom. The highest BCUT2D eigenvalue weighted by atomic mass is 32.2. The van der Waals surface area contributed by atoms with Crippen LogP contribution in [-0.2, 0) is 0 Å². The van der Waals surface area contributed by atoms with E-state index >= 15 is 0 Å². The summed E-state index contributed by atoms with van der Waals surface area (Å²) < 4.78 is 11.2. The number of ether oxygens (including phenoxy) is 2. The molecule has 0 amide bonds. The van der Waals surface area contributed by atoms with Crippen LogP contribution in [0.15, 0.2) is 23.1 Å². The van der Waals surface area contributed by atoms with E-state index in [2.05, 4.69) is 6.07 Å². The number of fused-ring (bicyclic) bond motifs is 1. The SMILES string of the molecule is C[C@@H](N)CSc1ccc2c(c1)OCCCO2. The molecule has 4 heteroatoms. The monoisotopic (exact) mass is 239 g/mol. The molecule has 2 rings (SSSR count). The third kappa shape index (κ3) is 3.06. The van der Waals surface area contributed by atoms with Crippen molar-refractivity contribution in [2.45, 2.75) is 24.3 Å². The Morgan fingerprint density at radius 1 is 1.31 bits per heavy atom. The molecule has 0 bridgehead atoms. The maximum atomic E-state index is 5.73. The summed E-state index contributed by atoms with van der Waals surface area (Å²) in [5.41, 5.74) is 5.73. The van der Waals surface area contributed by atoms with Crippen molar-refractivity contribution in [3.8, 4) is 11.5 Å². The van der Waals surface area contributed by atoms with Crippen molar-refractivity contribution in [3.63, 3.8) is 0 Å². The van der Waals surface area contributed by atoms with Crippen molar-refractivity contribution in [1.82, 2.24) is 0 Å². The minimum absolute atomic E-state index is 0.209. The van der Waals surface area contributed by atoms with Gasteiger partial charge in [0.2, 0.25) is 0 Å². The zero-order valence-corrected chi connectivity index (χ0v) is 10.3. The van der Waals surface area contributed by atoms with E-state index in [1.165, 1.54) is 4.90 Å². The van der Waals surface area contributed by atoms with Gasteiger partial charge in [0.1, 0.15) is 0 Å². The van der Waals surface area contributed by atoms with E-state index in [9.17, 15) is 0 Å². The number of benzene rings is 1. The van der Waals surface area contributed by atoms with E-state index in [0.29, 0.717) is 0 Å². The lowest BCUT2D eigenvalue weighted by molar-refractivity contribution is 0.297. The standard InChI is InChI=1S/C12H17NO2S/c1-9(13)8-16-10-3-4-11-12(7-10)15-6-2-5-14-11/h3-4,7,9H,2,5-6,8,13H2,1H3/t9-/m1/s1. The molecule has 88 valence electrons. The number of hydrogen-bond donors (Lipinski definition) is 1. The number of thioether (sulfide) groups is 1. The van der Waals surface area contributed by atoms with Gasteiger partial charge in [0.05, 0.1) is 13.2 Å². The Balaban J connectivity index is 2.08. The molecule has 0 radical (unpaired) electrons. The topological polar surface area (TPSA) is 44.5 Å². The van der Waals surface area contributed by atoms with Crippen LogP contribution in [0.1, 0.15) is 13.3 Å². The van der Waals surface area contributed by atoms with Gasteiger partial charge in [-0.25, -0.2) is 0 Å². The minimum atomic E-state index is 0.209. The first-order valence-electron chi connectivity index (χ1n) is 5.54. The first-order valence-corrected chi connectivity index (χ1v) is 6.52. The predicted molar refractivity (Wildman–Crippen MR) is 66.4 cm³/mol. The highest BCUT2D eigenvalue weighted by Crippen LogP contribution is 2.33. The van der Waals surface area contributed by atoms with Crippen molar-refractivity contribution < 1.29 is 9.47 Å². The molecule has 3 nitrogen and oxygen atoms in total. The van der Waals surface area contributed by atoms with Crippen molar-refractivity contribution in [3.05, 3.63) is 18.2 Å². The summed E-state index contributed by atoms with van der Waals surface area (Å²) in [6, 6.07) is 6.28. The molecule has 0 unspecified atom stereocenters. The highest BCUT2D eigenvalue weighted by Gasteiger charge is 2.10. The van der Waals surface area contributed by atoms with Crippen molar-refractivity contribution >= 4 is 11.8 Å². The van der Waals surface area contributed by atoms with E-state index in [4.69, 9.17) is 15.2 Å². The lowest BCUT2D eigenvalue weighted by Gasteiger charge is -2.09. The molecule has 0 aromatic heterocycles. The Morgan fingerprint density at radius 3 is 2.81 bits per heavy atom. The molecule has 16 heavy (non-hydrogen) atoms. The maximum absolute atomic E-state index is 5.73. The van der Waals surface area contributed by atoms with E-state index in [-0.39, 0.29) is 6.04 Å². The lowest BCUT2D eigenvalue weighted by Crippen LogP contribution is -2.17. The first kappa shape index (κ1) is 11.6. The quantitative estimate of drug-likeness (QED) is 0.822. The average Bonchev–Trinajstić information content (AvgIpc) is 2.50. The molecule has 1 aliphatic heterocycles. The van der Waals surface area contributed by atoms with Gasteiger partial charge in [0.15, 0.2) is 11.5 Å². The van der Waals surface area contributed by atoms with Gasteiger partial charge in [-0.05, 0) is 25.1 Å². The summed E-state index contributed by atoms with van der Waals surface area (Å²) in [5, 5.41) is 0. The van der Waals surface area contributed by atoms with Crippen LogP contribution in [0.25, 0.3) is 0 Å². The van der Waals surface area contributed by atoms with E-state index in [1.54, 1.807) is 11.8 Å². The van der Waals surface area contributed by atoms with Gasteiger partial charge < -0.3 is 15.2 Å². The van der Waals surface area contributed by atoms with Crippen LogP contribution in [0.4, 0.5) is 0 Å². The van der Waals surface area contributed by atoms with Crippen molar-refractivity contribution in [2.24, 2.45) is 5.73 Å². The van der Waals surface area contributed by atoms with E-state index < -0.39 is 0 Å². The second-order valence-electron chi connectivity index (χ2n) is 3.95. The van der Waals surface area contributed by atoms with Crippen LogP contribution in [0.2, 0.25) is 0 Å². The molecule has 1 aliphatic rings. The molecule has 0 aliphatic carbocycles. The number of hydrogen-bond acceptors (Lipinski definition) is 4. The fourth-order valence-corrected chi connectivity index (χ4v) is 2.27. The van der Waals surface area contributed by atoms with Gasteiger partial charge in [-0.1, -0.05) is 0 Å². The van der Waals surface area contributed by atoms with Crippen LogP contribution < -0.4 is 15.2 Å². The molecule has 1 aromatic carbocycles. The predicted octanol–water partition coefficient (Wildman–Crippen LogP) is 2.29. The fourth-order valence-electron chi connectivity index (χ4n) is 1.46. The van der Waals surface area contributed by atoms with Crippen molar-refractivity contribution in [1.29, 1.82) is 0 Å². The fraction of sp³-hybridized carbons (Fsp3) is 0.500. The largest absolute Gasteiger partial charge is 0.490 e. The molecule has 0 spiro atoms. The van der Waals surface area contributed by atoms with Crippen LogP contribution in [-0.4, -0.2) is 25.0 Å². The molecular weight excluding hydrogens is 222 g/mol. The van der Waals surface area contributed by atoms with E-state index in [1.807, 2.05) is 19.1 Å². The summed E-state index contributed by atoms with van der Waals surface area (Å²) in [6.45, 7) is 3.48. The number of nitrogens with two attached hydrogens (primary N) is 1. The van der Waals surface area contributed by atoms with E-state index in [0.717, 1.165) is 36.9 Å². The zero-order valence-electron chi connectivity index (χ0n) is 9.44. The summed E-state index contributed by atoms with van der Waals surface area (Å²) in [7, 11) is 0. The Kier molecular flexibility index (Phi) is 3.96. The highest BCUT2D eigenvalue weighted by molar-refractivity contribution is 7.99. The first-order chi connectivity index (χ1) is 7.75. The zero-order chi connectivity index (χ0) is 11.4. The van der Waals surface area contributed by atoms with Gasteiger partial charge in [-0.2, -0.15) is 0 Å². The van der Waals surface area contributed by atoms with Gasteiger partial charge in [-0.15, -0.1) is 11.8 Å². The Labute approximate surface area is 100 Å². The second-order valence-corrected chi connectivity index (χ2v) is 5.04. The normalized spacial score (nSPS) is 16.6. The third-order valence-electron chi connectivity index (χ3n) is 2.23. The summed E-state index contributed by atoms with van der Waals surface area (Å²) in [5.74, 6) is 2.62. The molecule has 0 fully saturated rings. The second kappa shape index (κ2) is 5.46. The summed E-state index contributed by atoms with van der Waals surface area (Å²) in [4.78, 5) is 1.18. The van der Waals surface area contributed by atoms with Gasteiger partial charge in [-0.3, -0.25) is 0 Å². The van der Waals surface area contributed by atoms with Crippen molar-refractivity contribution in [2.75, 3.05) is 19.0 Å². The average molecular weight is 239 g/mol. The number of rotatable bonds is 3. The van der Waals surface area contributed by atoms with Crippen LogP contribution in [0.5, 0.6) is 11.5 Å². The van der Waals surface area contributed by atoms with Crippen LogP contribution in [0.3, 0.4) is 0 Å². The van der Waals surface area contributed by atoms with Gasteiger partial charge in [0, 0.05) is 23.1 Å². The van der Waals surface area contributed by atoms with Crippen LogP contribution in [0, 0.1) is 0 Å². The maximum Gasteiger partial charge on any atom is 0.162 e. The molecule has 1 atom stereocenters.